The summed E-state index contributed by atoms with van der Waals surface area (Å²) >= 11 is 0. The Labute approximate surface area is 189 Å². The molecule has 3 rings (SSSR count). The molecule has 0 N–H and O–H groups in total. The van der Waals surface area contributed by atoms with Crippen molar-refractivity contribution in [1.29, 1.82) is 0 Å². The number of aryl methyl sites for hydroxylation is 2. The largest absolute Gasteiger partial charge is 0.424 e. The van der Waals surface area contributed by atoms with Gasteiger partial charge in [0.2, 0.25) is 0 Å². The second-order valence-corrected chi connectivity index (χ2v) is 8.20. The van der Waals surface area contributed by atoms with Gasteiger partial charge in [-0.05, 0) is 86.2 Å². The van der Waals surface area contributed by atoms with E-state index in [4.69, 9.17) is 9.47 Å². The van der Waals surface area contributed by atoms with Crippen LogP contribution in [0.5, 0.6) is 5.75 Å². The van der Waals surface area contributed by atoms with Crippen molar-refractivity contribution in [2.45, 2.75) is 40.0 Å². The van der Waals surface area contributed by atoms with Crippen LogP contribution in [0.2, 0.25) is 0 Å². The first-order valence-electron chi connectivity index (χ1n) is 10.5. The lowest BCUT2D eigenvalue weighted by Gasteiger charge is -2.20. The van der Waals surface area contributed by atoms with E-state index in [2.05, 4.69) is 45.2 Å². The minimum Gasteiger partial charge on any atom is -0.424 e. The third-order valence-electron chi connectivity index (χ3n) is 5.36. The summed E-state index contributed by atoms with van der Waals surface area (Å²) in [7, 11) is 0. The molecule has 0 saturated heterocycles. The first-order chi connectivity index (χ1) is 15.2. The summed E-state index contributed by atoms with van der Waals surface area (Å²) in [6, 6.07) is 11.9. The third-order valence-corrected chi connectivity index (χ3v) is 5.36. The second-order valence-electron chi connectivity index (χ2n) is 8.20. The van der Waals surface area contributed by atoms with Gasteiger partial charge in [-0.3, -0.25) is 0 Å². The molecule has 0 spiro atoms. The SMILES string of the molecule is C=C(C)C(=O)OC1=CCC(c2cc(C)c(-c3ccc(OC(=O)C(=C)C)cc3)cc2C)C=C1. The van der Waals surface area contributed by atoms with Crippen molar-refractivity contribution in [3.05, 3.63) is 101 Å². The zero-order valence-corrected chi connectivity index (χ0v) is 19.0. The number of carbonyl (C=O) groups is 2. The van der Waals surface area contributed by atoms with Gasteiger partial charge in [0.05, 0.1) is 0 Å². The minimum absolute atomic E-state index is 0.221. The lowest BCUT2D eigenvalue weighted by atomic mass is 9.85. The lowest BCUT2D eigenvalue weighted by Crippen LogP contribution is -2.08. The quantitative estimate of drug-likeness (QED) is 0.299. The number of rotatable bonds is 6. The van der Waals surface area contributed by atoms with E-state index in [1.807, 2.05) is 24.3 Å². The summed E-state index contributed by atoms with van der Waals surface area (Å²) in [5.41, 5.74) is 6.53. The van der Waals surface area contributed by atoms with Crippen molar-refractivity contribution >= 4 is 11.9 Å². The molecule has 1 aliphatic rings. The van der Waals surface area contributed by atoms with Crippen LogP contribution in [-0.4, -0.2) is 11.9 Å². The van der Waals surface area contributed by atoms with Gasteiger partial charge >= 0.3 is 11.9 Å². The highest BCUT2D eigenvalue weighted by Crippen LogP contribution is 2.34. The molecular formula is C28H28O4. The molecule has 0 heterocycles. The van der Waals surface area contributed by atoms with E-state index in [9.17, 15) is 9.59 Å². The van der Waals surface area contributed by atoms with Crippen LogP contribution in [-0.2, 0) is 14.3 Å². The Hall–Kier alpha value is -3.66. The smallest absolute Gasteiger partial charge is 0.338 e. The van der Waals surface area contributed by atoms with Gasteiger partial charge in [-0.15, -0.1) is 0 Å². The van der Waals surface area contributed by atoms with Crippen LogP contribution in [0, 0.1) is 13.8 Å². The molecule has 164 valence electrons. The van der Waals surface area contributed by atoms with Crippen molar-refractivity contribution < 1.29 is 19.1 Å². The van der Waals surface area contributed by atoms with Crippen molar-refractivity contribution in [2.75, 3.05) is 0 Å². The van der Waals surface area contributed by atoms with E-state index in [0.29, 0.717) is 22.7 Å². The Kier molecular flexibility index (Phi) is 6.94. The highest BCUT2D eigenvalue weighted by atomic mass is 16.5. The van der Waals surface area contributed by atoms with E-state index >= 15 is 0 Å². The maximum Gasteiger partial charge on any atom is 0.338 e. The maximum atomic E-state index is 11.7. The molecular weight excluding hydrogens is 400 g/mol. The Balaban J connectivity index is 1.76. The average Bonchev–Trinajstić information content (AvgIpc) is 2.76. The predicted molar refractivity (Wildman–Crippen MR) is 127 cm³/mol. The highest BCUT2D eigenvalue weighted by molar-refractivity contribution is 5.89. The van der Waals surface area contributed by atoms with Gasteiger partial charge in [0.15, 0.2) is 0 Å². The van der Waals surface area contributed by atoms with Crippen molar-refractivity contribution in [1.82, 2.24) is 0 Å². The van der Waals surface area contributed by atoms with Gasteiger partial charge in [-0.1, -0.05) is 43.5 Å². The van der Waals surface area contributed by atoms with Crippen LogP contribution in [0.25, 0.3) is 11.1 Å². The molecule has 0 aromatic heterocycles. The van der Waals surface area contributed by atoms with Crippen LogP contribution in [0.15, 0.2) is 84.7 Å². The van der Waals surface area contributed by atoms with Gasteiger partial charge in [0.25, 0.3) is 0 Å². The minimum atomic E-state index is -0.429. The Morgan fingerprint density at radius 3 is 2.09 bits per heavy atom. The molecule has 0 amide bonds. The Morgan fingerprint density at radius 1 is 0.906 bits per heavy atom. The van der Waals surface area contributed by atoms with Crippen LogP contribution in [0.3, 0.4) is 0 Å². The first-order valence-corrected chi connectivity index (χ1v) is 10.5. The molecule has 2 aromatic rings. The predicted octanol–water partition coefficient (Wildman–Crippen LogP) is 6.50. The van der Waals surface area contributed by atoms with Crippen molar-refractivity contribution in [3.63, 3.8) is 0 Å². The fraction of sp³-hybridized carbons (Fsp3) is 0.214. The first kappa shape index (κ1) is 23.0. The second kappa shape index (κ2) is 9.65. The summed E-state index contributed by atoms with van der Waals surface area (Å²) in [5, 5.41) is 0. The summed E-state index contributed by atoms with van der Waals surface area (Å²) in [6.07, 6.45) is 6.63. The molecule has 0 saturated carbocycles. The number of hydrogen-bond donors (Lipinski definition) is 0. The normalized spacial score (nSPS) is 15.0. The summed E-state index contributed by atoms with van der Waals surface area (Å²) in [5.74, 6) is 0.444. The number of esters is 2. The molecule has 0 aliphatic heterocycles. The summed E-state index contributed by atoms with van der Waals surface area (Å²) in [6.45, 7) is 14.7. The molecule has 0 fully saturated rings. The molecule has 1 unspecified atom stereocenters. The Bertz CT molecular complexity index is 1150. The Morgan fingerprint density at radius 2 is 1.53 bits per heavy atom. The summed E-state index contributed by atoms with van der Waals surface area (Å²) in [4.78, 5) is 23.4. The van der Waals surface area contributed by atoms with Gasteiger partial charge in [0, 0.05) is 17.1 Å². The van der Waals surface area contributed by atoms with Crippen LogP contribution >= 0.6 is 0 Å². The molecule has 1 atom stereocenters. The number of carbonyl (C=O) groups excluding carboxylic acids is 2. The molecule has 32 heavy (non-hydrogen) atoms. The monoisotopic (exact) mass is 428 g/mol. The molecule has 4 heteroatoms. The van der Waals surface area contributed by atoms with Gasteiger partial charge in [-0.25, -0.2) is 9.59 Å². The van der Waals surface area contributed by atoms with Crippen LogP contribution in [0.1, 0.15) is 42.9 Å². The number of ether oxygens (including phenoxy) is 2. The topological polar surface area (TPSA) is 52.6 Å². The average molecular weight is 429 g/mol. The van der Waals surface area contributed by atoms with Crippen molar-refractivity contribution in [3.8, 4) is 16.9 Å². The van der Waals surface area contributed by atoms with E-state index in [1.165, 1.54) is 11.1 Å². The van der Waals surface area contributed by atoms with E-state index in [1.54, 1.807) is 26.0 Å². The van der Waals surface area contributed by atoms with Gasteiger partial charge in [0.1, 0.15) is 11.5 Å². The lowest BCUT2D eigenvalue weighted by molar-refractivity contribution is -0.134. The number of hydrogen-bond acceptors (Lipinski definition) is 4. The number of benzene rings is 2. The van der Waals surface area contributed by atoms with Gasteiger partial charge < -0.3 is 9.47 Å². The molecule has 0 radical (unpaired) electrons. The third kappa shape index (κ3) is 5.33. The summed E-state index contributed by atoms with van der Waals surface area (Å²) < 4.78 is 10.6. The van der Waals surface area contributed by atoms with Crippen LogP contribution < -0.4 is 4.74 Å². The molecule has 1 aliphatic carbocycles. The molecule has 4 nitrogen and oxygen atoms in total. The fourth-order valence-electron chi connectivity index (χ4n) is 3.55. The molecule has 2 aromatic carbocycles. The standard InChI is InChI=1S/C28H28O4/c1-17(2)27(29)31-23-11-7-21(8-12-23)25-15-20(6)26(16-19(25)5)22-9-13-24(14-10-22)32-28(30)18(3)4/h7-9,11-16,22H,1,3,10H2,2,4-6H3. The zero-order chi connectivity index (χ0) is 23.4. The number of allylic oxidation sites excluding steroid dienone is 3. The van der Waals surface area contributed by atoms with E-state index < -0.39 is 11.9 Å². The van der Waals surface area contributed by atoms with E-state index in [0.717, 1.165) is 23.1 Å². The van der Waals surface area contributed by atoms with Crippen molar-refractivity contribution in [2.24, 2.45) is 0 Å². The van der Waals surface area contributed by atoms with E-state index in [-0.39, 0.29) is 5.92 Å². The zero-order valence-electron chi connectivity index (χ0n) is 19.0. The highest BCUT2D eigenvalue weighted by Gasteiger charge is 2.17. The fourth-order valence-corrected chi connectivity index (χ4v) is 3.55. The van der Waals surface area contributed by atoms with Gasteiger partial charge in [-0.2, -0.15) is 0 Å². The maximum absolute atomic E-state index is 11.7. The van der Waals surface area contributed by atoms with Crippen LogP contribution in [0.4, 0.5) is 0 Å². The molecule has 0 bridgehead atoms.